The van der Waals surface area contributed by atoms with Crippen molar-refractivity contribution in [3.05, 3.63) is 29.8 Å². The number of nitrogens with one attached hydrogen (secondary N) is 2. The lowest BCUT2D eigenvalue weighted by Gasteiger charge is -2.29. The molecule has 196 valence electrons. The summed E-state index contributed by atoms with van der Waals surface area (Å²) in [5.41, 5.74) is 0.184. The third-order valence-electron chi connectivity index (χ3n) is 5.11. The molecular formula is C23H35N2O9P. The summed E-state index contributed by atoms with van der Waals surface area (Å²) in [4.78, 5) is 29.4. The van der Waals surface area contributed by atoms with Gasteiger partial charge in [0.1, 0.15) is 23.8 Å². The van der Waals surface area contributed by atoms with Crippen molar-refractivity contribution in [3.63, 3.8) is 0 Å². The molecule has 0 saturated heterocycles. The van der Waals surface area contributed by atoms with Crippen LogP contribution in [-0.2, 0) is 32.8 Å². The molecule has 3 N–H and O–H groups in total. The second kappa shape index (κ2) is 13.0. The number of aliphatic carboxylic acids is 1. The smallest absolute Gasteiger partial charge is 0.345 e. The number of carboxylic acids is 1. The van der Waals surface area contributed by atoms with E-state index in [4.69, 9.17) is 28.8 Å². The average molecular weight is 515 g/mol. The number of ether oxygens (including phenoxy) is 2. The molecular weight excluding hydrogens is 479 g/mol. The first kappa shape index (κ1) is 28.8. The van der Waals surface area contributed by atoms with Gasteiger partial charge in [-0.1, -0.05) is 0 Å². The minimum Gasteiger partial charge on any atom is -0.490 e. The van der Waals surface area contributed by atoms with Crippen LogP contribution in [0.25, 0.3) is 0 Å². The predicted molar refractivity (Wildman–Crippen MR) is 128 cm³/mol. The van der Waals surface area contributed by atoms with Gasteiger partial charge >= 0.3 is 19.5 Å². The Morgan fingerprint density at radius 3 is 2.26 bits per heavy atom. The minimum atomic E-state index is -4.08. The summed E-state index contributed by atoms with van der Waals surface area (Å²) < 4.78 is 34.6. The number of benzene rings is 1. The molecule has 0 aliphatic heterocycles. The van der Waals surface area contributed by atoms with Crippen molar-refractivity contribution in [3.8, 4) is 5.75 Å². The van der Waals surface area contributed by atoms with Crippen molar-refractivity contribution < 1.29 is 42.6 Å². The monoisotopic (exact) mass is 514 g/mol. The molecule has 0 radical (unpaired) electrons. The van der Waals surface area contributed by atoms with Gasteiger partial charge in [0.2, 0.25) is 0 Å². The van der Waals surface area contributed by atoms with Crippen LogP contribution in [0.1, 0.15) is 58.9 Å². The Hall–Kier alpha value is -2.46. The quantitative estimate of drug-likeness (QED) is 0.103. The zero-order chi connectivity index (χ0) is 26.1. The van der Waals surface area contributed by atoms with Crippen LogP contribution in [0.3, 0.4) is 0 Å². The fourth-order valence-electron chi connectivity index (χ4n) is 3.16. The van der Waals surface area contributed by atoms with Crippen LogP contribution >= 0.6 is 7.60 Å². The summed E-state index contributed by atoms with van der Waals surface area (Å²) >= 11 is 0. The van der Waals surface area contributed by atoms with Crippen molar-refractivity contribution in [1.82, 2.24) is 5.48 Å². The Labute approximate surface area is 205 Å². The number of carbonyl (C=O) groups is 2. The van der Waals surface area contributed by atoms with Gasteiger partial charge < -0.3 is 23.6 Å². The fourth-order valence-corrected chi connectivity index (χ4v) is 5.00. The Morgan fingerprint density at radius 1 is 1.17 bits per heavy atom. The van der Waals surface area contributed by atoms with Crippen LogP contribution in [0.15, 0.2) is 24.3 Å². The molecule has 1 aliphatic carbocycles. The molecule has 1 aromatic carbocycles. The van der Waals surface area contributed by atoms with Crippen molar-refractivity contribution in [2.24, 2.45) is 0 Å². The normalized spacial score (nSPS) is 15.1. The standard InChI is InChI=1S/C23H35N2O9P/c1-5-31-35(29,32-6-2)19(14-20(26)27)22(28)34-23(3,4)15-30-25-21(24)16-10-12-18(13-11-16)33-17-8-7-9-17/h10-13,17,19H,5-9,14-15H2,1-4H3,(H2,24,25)(H,26,27). The van der Waals surface area contributed by atoms with Gasteiger partial charge in [0.25, 0.3) is 0 Å². The molecule has 0 bridgehead atoms. The lowest BCUT2D eigenvalue weighted by atomic mass is 9.96. The highest BCUT2D eigenvalue weighted by molar-refractivity contribution is 7.55. The summed E-state index contributed by atoms with van der Waals surface area (Å²) in [5.74, 6) is -1.65. The average Bonchev–Trinajstić information content (AvgIpc) is 2.74. The van der Waals surface area contributed by atoms with Crippen LogP contribution in [0.2, 0.25) is 0 Å². The molecule has 11 nitrogen and oxygen atoms in total. The first-order valence-corrected chi connectivity index (χ1v) is 13.2. The first-order valence-electron chi connectivity index (χ1n) is 11.6. The number of carbonyl (C=O) groups excluding carboxylic acids is 1. The van der Waals surface area contributed by atoms with E-state index in [9.17, 15) is 19.3 Å². The van der Waals surface area contributed by atoms with Crippen molar-refractivity contribution in [2.75, 3.05) is 19.8 Å². The lowest BCUT2D eigenvalue weighted by molar-refractivity contribution is -0.165. The zero-order valence-corrected chi connectivity index (χ0v) is 21.5. The molecule has 0 spiro atoms. The Bertz CT molecular complexity index is 906. The van der Waals surface area contributed by atoms with E-state index in [2.05, 4.69) is 5.48 Å². The highest BCUT2D eigenvalue weighted by Gasteiger charge is 2.45. The minimum absolute atomic E-state index is 0.0109. The maximum atomic E-state index is 13.1. The van der Waals surface area contributed by atoms with Gasteiger partial charge in [-0.3, -0.25) is 24.4 Å². The van der Waals surface area contributed by atoms with Crippen LogP contribution in [0.4, 0.5) is 0 Å². The van der Waals surface area contributed by atoms with Crippen LogP contribution in [0.5, 0.6) is 5.75 Å². The molecule has 1 atom stereocenters. The molecule has 35 heavy (non-hydrogen) atoms. The summed E-state index contributed by atoms with van der Waals surface area (Å²) in [6.45, 7) is 5.93. The number of hydrogen-bond donors (Lipinski definition) is 3. The van der Waals surface area contributed by atoms with Gasteiger partial charge in [-0.25, -0.2) is 5.48 Å². The van der Waals surface area contributed by atoms with Crippen LogP contribution in [-0.4, -0.2) is 60.1 Å². The summed E-state index contributed by atoms with van der Waals surface area (Å²) in [6, 6.07) is 7.03. The number of hydroxylamine groups is 1. The molecule has 0 heterocycles. The van der Waals surface area contributed by atoms with E-state index in [1.54, 1.807) is 38.1 Å². The molecule has 12 heteroatoms. The van der Waals surface area contributed by atoms with E-state index in [1.807, 2.05) is 0 Å². The van der Waals surface area contributed by atoms with Gasteiger partial charge in [-0.05, 0) is 71.2 Å². The number of hydrogen-bond acceptors (Lipinski definition) is 9. The Kier molecular flexibility index (Phi) is 10.7. The van der Waals surface area contributed by atoms with Crippen molar-refractivity contribution in [2.45, 2.75) is 70.7 Å². The van der Waals surface area contributed by atoms with E-state index in [1.165, 1.54) is 20.3 Å². The summed E-state index contributed by atoms with van der Waals surface area (Å²) in [5, 5.41) is 17.3. The van der Waals surface area contributed by atoms with Crippen molar-refractivity contribution >= 4 is 25.4 Å². The number of rotatable bonds is 15. The van der Waals surface area contributed by atoms with Crippen LogP contribution < -0.4 is 10.2 Å². The predicted octanol–water partition coefficient (Wildman–Crippen LogP) is 3.90. The van der Waals surface area contributed by atoms with E-state index < -0.39 is 37.2 Å². The summed E-state index contributed by atoms with van der Waals surface area (Å²) in [7, 11) is -4.08. The first-order chi connectivity index (χ1) is 16.5. The van der Waals surface area contributed by atoms with E-state index in [0.717, 1.165) is 18.6 Å². The number of amidine groups is 1. The third-order valence-corrected chi connectivity index (χ3v) is 7.50. The maximum Gasteiger partial charge on any atom is 0.345 e. The molecule has 1 unspecified atom stereocenters. The van der Waals surface area contributed by atoms with E-state index >= 15 is 0 Å². The molecule has 1 saturated carbocycles. The number of esters is 1. The van der Waals surface area contributed by atoms with Gasteiger partial charge in [0.15, 0.2) is 5.66 Å². The molecule has 1 aliphatic rings. The zero-order valence-electron chi connectivity index (χ0n) is 20.6. The third kappa shape index (κ3) is 8.92. The largest absolute Gasteiger partial charge is 0.490 e. The number of carboxylic acid groups (broad SMARTS) is 1. The maximum absolute atomic E-state index is 13.1. The van der Waals surface area contributed by atoms with E-state index in [0.29, 0.717) is 5.56 Å². The second-order valence-electron chi connectivity index (χ2n) is 8.63. The van der Waals surface area contributed by atoms with Gasteiger partial charge in [0, 0.05) is 5.56 Å². The highest BCUT2D eigenvalue weighted by atomic mass is 31.2. The molecule has 2 rings (SSSR count). The second-order valence-corrected chi connectivity index (χ2v) is 10.9. The Balaban J connectivity index is 1.92. The van der Waals surface area contributed by atoms with Crippen molar-refractivity contribution in [1.29, 1.82) is 5.41 Å². The molecule has 1 aromatic rings. The van der Waals surface area contributed by atoms with Gasteiger partial charge in [0.05, 0.1) is 25.7 Å². The Morgan fingerprint density at radius 2 is 1.77 bits per heavy atom. The molecule has 0 amide bonds. The highest BCUT2D eigenvalue weighted by Crippen LogP contribution is 2.54. The van der Waals surface area contributed by atoms with Gasteiger partial charge in [-0.2, -0.15) is 0 Å². The SMILES string of the molecule is CCOP(=O)(OCC)C(CC(=O)O)C(=O)OC(C)(C)CONC(=N)c1ccc(OC2CCC2)cc1. The molecule has 1 fully saturated rings. The van der Waals surface area contributed by atoms with Crippen LogP contribution in [0, 0.1) is 5.41 Å². The lowest BCUT2D eigenvalue weighted by Crippen LogP contribution is -2.41. The molecule has 0 aromatic heterocycles. The van der Waals surface area contributed by atoms with E-state index in [-0.39, 0.29) is 31.8 Å². The van der Waals surface area contributed by atoms with Gasteiger partial charge in [-0.15, -0.1) is 0 Å². The summed E-state index contributed by atoms with van der Waals surface area (Å²) in [6.07, 6.45) is 2.77. The topological polar surface area (TPSA) is 153 Å². The fraction of sp³-hybridized carbons (Fsp3) is 0.609.